The van der Waals surface area contributed by atoms with Crippen LogP contribution in [0.2, 0.25) is 0 Å². The Morgan fingerprint density at radius 1 is 1.07 bits per heavy atom. The lowest BCUT2D eigenvalue weighted by Gasteiger charge is -2.18. The molecule has 0 saturated carbocycles. The smallest absolute Gasteiger partial charge is 0.329 e. The SMILES string of the molecule is CCCCC(C(=O)OCC)n1ccc2cc(OCc3ccccc3)ccc21. The summed E-state index contributed by atoms with van der Waals surface area (Å²) >= 11 is 0. The van der Waals surface area contributed by atoms with Gasteiger partial charge in [0.05, 0.1) is 6.61 Å². The quantitative estimate of drug-likeness (QED) is 0.469. The van der Waals surface area contributed by atoms with Crippen molar-refractivity contribution in [2.24, 2.45) is 0 Å². The Morgan fingerprint density at radius 2 is 1.89 bits per heavy atom. The average Bonchev–Trinajstić information content (AvgIpc) is 3.11. The van der Waals surface area contributed by atoms with E-state index >= 15 is 0 Å². The first-order valence-electron chi connectivity index (χ1n) is 9.67. The first kappa shape index (κ1) is 19.0. The van der Waals surface area contributed by atoms with Crippen molar-refractivity contribution in [3.8, 4) is 5.75 Å². The molecule has 0 aliphatic rings. The second-order valence-corrected chi connectivity index (χ2v) is 6.63. The molecule has 3 rings (SSSR count). The van der Waals surface area contributed by atoms with Gasteiger partial charge in [0.1, 0.15) is 18.4 Å². The molecule has 0 spiro atoms. The third-order valence-corrected chi connectivity index (χ3v) is 4.67. The zero-order valence-electron chi connectivity index (χ0n) is 16.1. The van der Waals surface area contributed by atoms with Gasteiger partial charge in [-0.15, -0.1) is 0 Å². The number of fused-ring (bicyclic) bond motifs is 1. The minimum Gasteiger partial charge on any atom is -0.489 e. The highest BCUT2D eigenvalue weighted by Gasteiger charge is 2.22. The van der Waals surface area contributed by atoms with E-state index in [2.05, 4.69) is 6.92 Å². The Morgan fingerprint density at radius 3 is 2.63 bits per heavy atom. The van der Waals surface area contributed by atoms with Crippen LogP contribution in [0.4, 0.5) is 0 Å². The Bertz CT molecular complexity index is 870. The predicted octanol–water partition coefficient (Wildman–Crippen LogP) is 5.51. The van der Waals surface area contributed by atoms with Gasteiger partial charge in [-0.1, -0.05) is 50.1 Å². The Hall–Kier alpha value is -2.75. The summed E-state index contributed by atoms with van der Waals surface area (Å²) in [7, 11) is 0. The number of carbonyl (C=O) groups is 1. The van der Waals surface area contributed by atoms with Crippen molar-refractivity contribution in [2.45, 2.75) is 45.8 Å². The van der Waals surface area contributed by atoms with Gasteiger partial charge in [0.15, 0.2) is 0 Å². The number of ether oxygens (including phenoxy) is 2. The number of aromatic nitrogens is 1. The van der Waals surface area contributed by atoms with Crippen LogP contribution in [0, 0.1) is 0 Å². The molecule has 142 valence electrons. The first-order chi connectivity index (χ1) is 13.2. The molecular weight excluding hydrogens is 338 g/mol. The topological polar surface area (TPSA) is 40.5 Å². The fraction of sp³-hybridized carbons (Fsp3) is 0.348. The maximum absolute atomic E-state index is 12.4. The van der Waals surface area contributed by atoms with E-state index < -0.39 is 0 Å². The van der Waals surface area contributed by atoms with E-state index in [1.165, 1.54) is 0 Å². The van der Waals surface area contributed by atoms with Crippen molar-refractivity contribution in [3.05, 3.63) is 66.4 Å². The number of esters is 1. The summed E-state index contributed by atoms with van der Waals surface area (Å²) in [5.74, 6) is 0.665. The summed E-state index contributed by atoms with van der Waals surface area (Å²) in [5.41, 5.74) is 2.16. The fourth-order valence-electron chi connectivity index (χ4n) is 3.25. The van der Waals surface area contributed by atoms with E-state index in [1.807, 2.05) is 72.3 Å². The highest BCUT2D eigenvalue weighted by molar-refractivity contribution is 5.84. The number of hydrogen-bond donors (Lipinski definition) is 0. The number of hydrogen-bond acceptors (Lipinski definition) is 3. The molecule has 0 saturated heterocycles. The second kappa shape index (κ2) is 9.26. The third kappa shape index (κ3) is 4.70. The van der Waals surface area contributed by atoms with Crippen molar-refractivity contribution in [3.63, 3.8) is 0 Å². The van der Waals surface area contributed by atoms with Crippen LogP contribution < -0.4 is 4.74 Å². The molecule has 1 aromatic heterocycles. The van der Waals surface area contributed by atoms with Crippen LogP contribution in [0.15, 0.2) is 60.8 Å². The maximum atomic E-state index is 12.4. The zero-order valence-corrected chi connectivity index (χ0v) is 16.1. The largest absolute Gasteiger partial charge is 0.489 e. The van der Waals surface area contributed by atoms with Crippen LogP contribution in [0.1, 0.15) is 44.7 Å². The van der Waals surface area contributed by atoms with Crippen molar-refractivity contribution < 1.29 is 14.3 Å². The molecule has 0 aliphatic carbocycles. The minimum atomic E-state index is -0.279. The molecule has 27 heavy (non-hydrogen) atoms. The average molecular weight is 365 g/mol. The molecule has 0 aliphatic heterocycles. The monoisotopic (exact) mass is 365 g/mol. The molecule has 0 amide bonds. The van der Waals surface area contributed by atoms with E-state index in [4.69, 9.17) is 9.47 Å². The van der Waals surface area contributed by atoms with Gasteiger partial charge in [0, 0.05) is 17.1 Å². The van der Waals surface area contributed by atoms with Gasteiger partial charge in [0.2, 0.25) is 0 Å². The van der Waals surface area contributed by atoms with Crippen LogP contribution in [-0.2, 0) is 16.1 Å². The van der Waals surface area contributed by atoms with Crippen molar-refractivity contribution in [2.75, 3.05) is 6.61 Å². The van der Waals surface area contributed by atoms with E-state index in [1.54, 1.807) is 0 Å². The molecule has 0 fully saturated rings. The standard InChI is InChI=1S/C23H27NO3/c1-3-5-11-22(23(25)26-4-2)24-15-14-19-16-20(12-13-21(19)24)27-17-18-9-7-6-8-10-18/h6-10,12-16,22H,3-5,11,17H2,1-2H3. The Kier molecular flexibility index (Phi) is 6.53. The highest BCUT2D eigenvalue weighted by atomic mass is 16.5. The van der Waals surface area contributed by atoms with Crippen LogP contribution in [-0.4, -0.2) is 17.1 Å². The minimum absolute atomic E-state index is 0.159. The van der Waals surface area contributed by atoms with Gasteiger partial charge in [-0.3, -0.25) is 0 Å². The summed E-state index contributed by atoms with van der Waals surface area (Å²) < 4.78 is 13.3. The molecule has 0 radical (unpaired) electrons. The number of rotatable bonds is 9. The van der Waals surface area contributed by atoms with E-state index in [0.29, 0.717) is 13.2 Å². The van der Waals surface area contributed by atoms with Crippen LogP contribution in [0.5, 0.6) is 5.75 Å². The zero-order chi connectivity index (χ0) is 19.1. The third-order valence-electron chi connectivity index (χ3n) is 4.67. The molecular formula is C23H27NO3. The number of unbranched alkanes of at least 4 members (excludes halogenated alkanes) is 1. The van der Waals surface area contributed by atoms with Gasteiger partial charge in [-0.2, -0.15) is 0 Å². The normalized spacial score (nSPS) is 12.1. The second-order valence-electron chi connectivity index (χ2n) is 6.63. The van der Waals surface area contributed by atoms with Gasteiger partial charge in [0.25, 0.3) is 0 Å². The van der Waals surface area contributed by atoms with Crippen LogP contribution >= 0.6 is 0 Å². The van der Waals surface area contributed by atoms with Gasteiger partial charge in [-0.25, -0.2) is 4.79 Å². The summed E-state index contributed by atoms with van der Waals surface area (Å²) in [6.07, 6.45) is 4.79. The highest BCUT2D eigenvalue weighted by Crippen LogP contribution is 2.28. The molecule has 0 N–H and O–H groups in total. The Labute approximate surface area is 160 Å². The summed E-state index contributed by atoms with van der Waals surface area (Å²) in [5, 5.41) is 1.06. The maximum Gasteiger partial charge on any atom is 0.329 e. The molecule has 3 aromatic rings. The molecule has 2 aromatic carbocycles. The lowest BCUT2D eigenvalue weighted by molar-refractivity contribution is -0.147. The lowest BCUT2D eigenvalue weighted by atomic mass is 10.1. The molecule has 4 nitrogen and oxygen atoms in total. The number of benzene rings is 2. The van der Waals surface area contributed by atoms with E-state index in [-0.39, 0.29) is 12.0 Å². The summed E-state index contributed by atoms with van der Waals surface area (Å²) in [6.45, 7) is 4.92. The van der Waals surface area contributed by atoms with Crippen LogP contribution in [0.3, 0.4) is 0 Å². The van der Waals surface area contributed by atoms with E-state index in [9.17, 15) is 4.79 Å². The van der Waals surface area contributed by atoms with Crippen molar-refractivity contribution >= 4 is 16.9 Å². The molecule has 4 heteroatoms. The summed E-state index contributed by atoms with van der Waals surface area (Å²) in [6, 6.07) is 17.9. The first-order valence-corrected chi connectivity index (χ1v) is 9.67. The van der Waals surface area contributed by atoms with Gasteiger partial charge >= 0.3 is 5.97 Å². The number of carbonyl (C=O) groups excluding carboxylic acids is 1. The van der Waals surface area contributed by atoms with E-state index in [0.717, 1.165) is 41.5 Å². The number of nitrogens with zero attached hydrogens (tertiary/aromatic N) is 1. The lowest BCUT2D eigenvalue weighted by Crippen LogP contribution is -2.21. The predicted molar refractivity (Wildman–Crippen MR) is 108 cm³/mol. The van der Waals surface area contributed by atoms with Crippen molar-refractivity contribution in [1.29, 1.82) is 0 Å². The molecule has 1 heterocycles. The molecule has 1 unspecified atom stereocenters. The van der Waals surface area contributed by atoms with Gasteiger partial charge < -0.3 is 14.0 Å². The fourth-order valence-corrected chi connectivity index (χ4v) is 3.25. The summed E-state index contributed by atoms with van der Waals surface area (Å²) in [4.78, 5) is 12.4. The Balaban J connectivity index is 1.79. The van der Waals surface area contributed by atoms with Crippen molar-refractivity contribution in [1.82, 2.24) is 4.57 Å². The van der Waals surface area contributed by atoms with Crippen LogP contribution in [0.25, 0.3) is 10.9 Å². The molecule has 1 atom stereocenters. The van der Waals surface area contributed by atoms with Gasteiger partial charge in [-0.05, 0) is 43.2 Å². The molecule has 0 bridgehead atoms.